The fourth-order valence-electron chi connectivity index (χ4n) is 3.66. The molecule has 0 atom stereocenters. The third-order valence-corrected chi connectivity index (χ3v) is 5.64. The minimum Gasteiger partial charge on any atom is -0.355 e. The van der Waals surface area contributed by atoms with Gasteiger partial charge in [-0.05, 0) is 49.6 Å². The molecule has 0 radical (unpaired) electrons. The van der Waals surface area contributed by atoms with Crippen molar-refractivity contribution in [2.75, 3.05) is 26.2 Å². The second-order valence-corrected chi connectivity index (χ2v) is 8.19. The summed E-state index contributed by atoms with van der Waals surface area (Å²) in [6.45, 7) is 4.60. The SMILES string of the molecule is CCCNC(=O)CN1CCC(NC(=O)c2ccccc2C(=O)c2ccc(Cl)cc2)CC1. The van der Waals surface area contributed by atoms with Crippen LogP contribution in [0.1, 0.15) is 52.5 Å². The molecule has 1 saturated heterocycles. The average Bonchev–Trinajstić information content (AvgIpc) is 2.79. The minimum absolute atomic E-state index is 0.0149. The number of rotatable bonds is 8. The molecular formula is C24H28ClN3O3. The van der Waals surface area contributed by atoms with E-state index in [1.54, 1.807) is 48.5 Å². The van der Waals surface area contributed by atoms with Gasteiger partial charge in [0.15, 0.2) is 5.78 Å². The molecule has 2 amide bonds. The van der Waals surface area contributed by atoms with E-state index in [1.165, 1.54) is 0 Å². The molecule has 2 N–H and O–H groups in total. The van der Waals surface area contributed by atoms with Crippen molar-refractivity contribution < 1.29 is 14.4 Å². The van der Waals surface area contributed by atoms with Gasteiger partial charge in [0.05, 0.1) is 12.1 Å². The second-order valence-electron chi connectivity index (χ2n) is 7.76. The molecule has 0 unspecified atom stereocenters. The summed E-state index contributed by atoms with van der Waals surface area (Å²) in [7, 11) is 0. The Morgan fingerprint density at radius 3 is 2.29 bits per heavy atom. The maximum Gasteiger partial charge on any atom is 0.252 e. The van der Waals surface area contributed by atoms with Gasteiger partial charge >= 0.3 is 0 Å². The molecule has 0 aliphatic carbocycles. The average molecular weight is 442 g/mol. The van der Waals surface area contributed by atoms with E-state index in [2.05, 4.69) is 15.5 Å². The van der Waals surface area contributed by atoms with Gasteiger partial charge in [-0.25, -0.2) is 0 Å². The molecule has 0 aromatic heterocycles. The first-order valence-electron chi connectivity index (χ1n) is 10.7. The zero-order valence-electron chi connectivity index (χ0n) is 17.7. The van der Waals surface area contributed by atoms with Gasteiger partial charge in [-0.1, -0.05) is 36.7 Å². The van der Waals surface area contributed by atoms with E-state index in [9.17, 15) is 14.4 Å². The molecule has 1 fully saturated rings. The third-order valence-electron chi connectivity index (χ3n) is 5.38. The van der Waals surface area contributed by atoms with Crippen LogP contribution in [0.15, 0.2) is 48.5 Å². The maximum absolute atomic E-state index is 12.9. The van der Waals surface area contributed by atoms with Gasteiger partial charge in [0, 0.05) is 41.8 Å². The van der Waals surface area contributed by atoms with Crippen LogP contribution in [0.2, 0.25) is 5.02 Å². The number of carbonyl (C=O) groups is 3. The quantitative estimate of drug-likeness (QED) is 0.616. The van der Waals surface area contributed by atoms with Crippen molar-refractivity contribution in [1.82, 2.24) is 15.5 Å². The zero-order valence-corrected chi connectivity index (χ0v) is 18.5. The molecule has 0 spiro atoms. The predicted molar refractivity (Wildman–Crippen MR) is 122 cm³/mol. The second kappa shape index (κ2) is 11.1. The van der Waals surface area contributed by atoms with Crippen LogP contribution in [-0.2, 0) is 4.79 Å². The van der Waals surface area contributed by atoms with Crippen molar-refractivity contribution in [3.63, 3.8) is 0 Å². The largest absolute Gasteiger partial charge is 0.355 e. The summed E-state index contributed by atoms with van der Waals surface area (Å²) in [5.74, 6) is -0.425. The smallest absolute Gasteiger partial charge is 0.252 e. The number of benzene rings is 2. The number of piperidine rings is 1. The zero-order chi connectivity index (χ0) is 22.2. The summed E-state index contributed by atoms with van der Waals surface area (Å²) in [4.78, 5) is 39.9. The first kappa shape index (κ1) is 23.0. The molecular weight excluding hydrogens is 414 g/mol. The number of likely N-dealkylation sites (tertiary alicyclic amines) is 1. The van der Waals surface area contributed by atoms with Crippen LogP contribution in [0.25, 0.3) is 0 Å². The summed E-state index contributed by atoms with van der Waals surface area (Å²) in [5, 5.41) is 6.50. The monoisotopic (exact) mass is 441 g/mol. The Bertz CT molecular complexity index is 922. The molecule has 2 aromatic rings. The Labute approximate surface area is 188 Å². The lowest BCUT2D eigenvalue weighted by atomic mass is 9.97. The molecule has 0 bridgehead atoms. The first-order chi connectivity index (χ1) is 15.0. The summed E-state index contributed by atoms with van der Waals surface area (Å²) >= 11 is 5.91. The number of nitrogens with zero attached hydrogens (tertiary/aromatic N) is 1. The number of carbonyl (C=O) groups excluding carboxylic acids is 3. The molecule has 31 heavy (non-hydrogen) atoms. The fraction of sp³-hybridized carbons (Fsp3) is 0.375. The number of ketones is 1. The van der Waals surface area contributed by atoms with E-state index in [0.29, 0.717) is 34.8 Å². The van der Waals surface area contributed by atoms with Crippen molar-refractivity contribution >= 4 is 29.2 Å². The van der Waals surface area contributed by atoms with Crippen LogP contribution >= 0.6 is 11.6 Å². The van der Waals surface area contributed by atoms with E-state index in [-0.39, 0.29) is 23.6 Å². The van der Waals surface area contributed by atoms with Crippen LogP contribution in [0.3, 0.4) is 0 Å². The lowest BCUT2D eigenvalue weighted by Crippen LogP contribution is -2.47. The molecule has 0 saturated carbocycles. The first-order valence-corrected chi connectivity index (χ1v) is 11.0. The molecule has 6 nitrogen and oxygen atoms in total. The molecule has 1 heterocycles. The molecule has 1 aliphatic rings. The summed E-state index contributed by atoms with van der Waals surface area (Å²) in [5.41, 5.74) is 1.22. The van der Waals surface area contributed by atoms with Crippen LogP contribution < -0.4 is 10.6 Å². The van der Waals surface area contributed by atoms with Crippen molar-refractivity contribution in [2.45, 2.75) is 32.2 Å². The highest BCUT2D eigenvalue weighted by Crippen LogP contribution is 2.18. The number of halogens is 1. The van der Waals surface area contributed by atoms with Gasteiger partial charge in [0.2, 0.25) is 5.91 Å². The lowest BCUT2D eigenvalue weighted by molar-refractivity contribution is -0.122. The van der Waals surface area contributed by atoms with Crippen LogP contribution in [0.5, 0.6) is 0 Å². The number of hydrogen-bond acceptors (Lipinski definition) is 4. The van der Waals surface area contributed by atoms with Crippen molar-refractivity contribution in [3.05, 3.63) is 70.2 Å². The number of amides is 2. The van der Waals surface area contributed by atoms with Crippen LogP contribution in [-0.4, -0.2) is 54.7 Å². The molecule has 164 valence electrons. The van der Waals surface area contributed by atoms with Crippen LogP contribution in [0.4, 0.5) is 0 Å². The van der Waals surface area contributed by atoms with Crippen molar-refractivity contribution in [1.29, 1.82) is 0 Å². The van der Waals surface area contributed by atoms with Crippen molar-refractivity contribution in [3.8, 4) is 0 Å². The Hall–Kier alpha value is -2.70. The standard InChI is InChI=1S/C24H28ClN3O3/c1-2-13-26-22(29)16-28-14-11-19(12-15-28)27-24(31)21-6-4-3-5-20(21)23(30)17-7-9-18(25)10-8-17/h3-10,19H,2,11-16H2,1H3,(H,26,29)(H,27,31). The summed E-state index contributed by atoms with van der Waals surface area (Å²) in [6.07, 6.45) is 2.45. The van der Waals surface area contributed by atoms with Gasteiger partial charge in [-0.2, -0.15) is 0 Å². The van der Waals surface area contributed by atoms with Crippen LogP contribution in [0, 0.1) is 0 Å². The van der Waals surface area contributed by atoms with Gasteiger partial charge in [-0.15, -0.1) is 0 Å². The summed E-state index contributed by atoms with van der Waals surface area (Å²) in [6, 6.07) is 13.5. The number of nitrogens with one attached hydrogen (secondary N) is 2. The lowest BCUT2D eigenvalue weighted by Gasteiger charge is -2.32. The highest BCUT2D eigenvalue weighted by Gasteiger charge is 2.24. The van der Waals surface area contributed by atoms with Crippen molar-refractivity contribution in [2.24, 2.45) is 0 Å². The maximum atomic E-state index is 12.9. The Kier molecular flexibility index (Phi) is 8.20. The van der Waals surface area contributed by atoms with E-state index in [0.717, 1.165) is 32.4 Å². The molecule has 7 heteroatoms. The van der Waals surface area contributed by atoms with E-state index in [1.807, 2.05) is 6.92 Å². The van der Waals surface area contributed by atoms with E-state index in [4.69, 9.17) is 11.6 Å². The predicted octanol–water partition coefficient (Wildman–Crippen LogP) is 3.29. The van der Waals surface area contributed by atoms with Gasteiger partial charge in [-0.3, -0.25) is 19.3 Å². The Morgan fingerprint density at radius 2 is 1.65 bits per heavy atom. The highest BCUT2D eigenvalue weighted by atomic mass is 35.5. The minimum atomic E-state index is -0.253. The molecule has 2 aromatic carbocycles. The number of hydrogen-bond donors (Lipinski definition) is 2. The molecule has 3 rings (SSSR count). The Balaban J connectivity index is 1.59. The topological polar surface area (TPSA) is 78.5 Å². The normalized spacial score (nSPS) is 14.8. The third kappa shape index (κ3) is 6.39. The van der Waals surface area contributed by atoms with Gasteiger partial charge in [0.25, 0.3) is 5.91 Å². The van der Waals surface area contributed by atoms with Gasteiger partial charge < -0.3 is 10.6 Å². The van der Waals surface area contributed by atoms with E-state index >= 15 is 0 Å². The Morgan fingerprint density at radius 1 is 1.00 bits per heavy atom. The van der Waals surface area contributed by atoms with Gasteiger partial charge in [0.1, 0.15) is 0 Å². The fourth-order valence-corrected chi connectivity index (χ4v) is 3.78. The van der Waals surface area contributed by atoms with E-state index < -0.39 is 0 Å². The molecule has 1 aliphatic heterocycles. The summed E-state index contributed by atoms with van der Waals surface area (Å²) < 4.78 is 0. The highest BCUT2D eigenvalue weighted by molar-refractivity contribution is 6.30.